The number of hydrogen-bond donors (Lipinski definition) is 4. The molecule has 240 valence electrons. The summed E-state index contributed by atoms with van der Waals surface area (Å²) < 4.78 is 55.1. The average molecular weight is 644 g/mol. The lowest BCUT2D eigenvalue weighted by atomic mass is 9.93. The maximum atomic E-state index is 14.0. The van der Waals surface area contributed by atoms with Crippen molar-refractivity contribution in [3.05, 3.63) is 53.7 Å². The third-order valence-corrected chi connectivity index (χ3v) is 10.4. The Morgan fingerprint density at radius 3 is 2.18 bits per heavy atom. The first-order valence-electron chi connectivity index (χ1n) is 15.0. The number of aliphatic hydroxyl groups excluding tert-OH is 1. The van der Waals surface area contributed by atoms with Gasteiger partial charge in [-0.15, -0.1) is 0 Å². The molecule has 1 spiro atoms. The van der Waals surface area contributed by atoms with Gasteiger partial charge in [0.05, 0.1) is 46.1 Å². The molecule has 2 aliphatic heterocycles. The van der Waals surface area contributed by atoms with Crippen LogP contribution in [-0.4, -0.2) is 80.0 Å². The van der Waals surface area contributed by atoms with Crippen LogP contribution in [0.4, 0.5) is 31.5 Å². The molecule has 0 radical (unpaired) electrons. The number of aromatic carboxylic acids is 1. The van der Waals surface area contributed by atoms with E-state index < -0.39 is 40.2 Å². The summed E-state index contributed by atoms with van der Waals surface area (Å²) in [5.41, 5.74) is 2.72. The molecule has 0 unspecified atom stereocenters. The number of sulfonamides is 1. The van der Waals surface area contributed by atoms with Crippen LogP contribution in [0, 0.1) is 5.41 Å². The van der Waals surface area contributed by atoms with E-state index in [9.17, 15) is 31.9 Å². The molecule has 3 aromatic rings. The molecule has 6 rings (SSSR count). The van der Waals surface area contributed by atoms with Gasteiger partial charge in [0.2, 0.25) is 10.0 Å². The molecule has 2 saturated heterocycles. The zero-order valence-corrected chi connectivity index (χ0v) is 25.4. The van der Waals surface area contributed by atoms with Gasteiger partial charge in [-0.1, -0.05) is 0 Å². The molecule has 3 aliphatic rings. The Bertz CT molecular complexity index is 1740. The molecule has 45 heavy (non-hydrogen) atoms. The van der Waals surface area contributed by atoms with Gasteiger partial charge in [0.1, 0.15) is 0 Å². The number of carbonyl (C=O) groups is 2. The number of pyridine rings is 1. The highest BCUT2D eigenvalue weighted by Crippen LogP contribution is 2.54. The number of hydrogen-bond acceptors (Lipinski definition) is 8. The number of carbonyl (C=O) groups excluding carboxylic acids is 1. The Labute approximate surface area is 259 Å². The number of anilines is 4. The zero-order chi connectivity index (χ0) is 32.0. The Kier molecular flexibility index (Phi) is 8.06. The van der Waals surface area contributed by atoms with E-state index in [1.807, 2.05) is 0 Å². The lowest BCUT2D eigenvalue weighted by Crippen LogP contribution is -2.39. The molecule has 1 amide bonds. The highest BCUT2D eigenvalue weighted by molar-refractivity contribution is 7.92. The molecular formula is C31H35F2N5O6S. The topological polar surface area (TPSA) is 152 Å². The molecule has 3 fully saturated rings. The lowest BCUT2D eigenvalue weighted by Gasteiger charge is -2.35. The van der Waals surface area contributed by atoms with Crippen LogP contribution in [0.1, 0.15) is 59.2 Å². The number of carboxylic acid groups (broad SMARTS) is 1. The summed E-state index contributed by atoms with van der Waals surface area (Å²) in [6, 6.07) is 9.35. The van der Waals surface area contributed by atoms with E-state index in [1.165, 1.54) is 31.2 Å². The Hall–Kier alpha value is -4.04. The van der Waals surface area contributed by atoms with Crippen molar-refractivity contribution in [2.24, 2.45) is 5.41 Å². The molecule has 0 bridgehead atoms. The number of piperidine rings is 2. The van der Waals surface area contributed by atoms with Crippen molar-refractivity contribution in [3.8, 4) is 0 Å². The van der Waals surface area contributed by atoms with Gasteiger partial charge in [-0.25, -0.2) is 22.0 Å². The van der Waals surface area contributed by atoms with E-state index in [0.29, 0.717) is 52.0 Å². The largest absolute Gasteiger partial charge is 0.478 e. The van der Waals surface area contributed by atoms with Crippen LogP contribution in [-0.2, 0) is 10.0 Å². The minimum Gasteiger partial charge on any atom is -0.478 e. The molecule has 0 atom stereocenters. The second-order valence-electron chi connectivity index (χ2n) is 12.3. The minimum absolute atomic E-state index is 0.0536. The summed E-state index contributed by atoms with van der Waals surface area (Å²) in [5.74, 6) is -4.88. The normalized spacial score (nSPS) is 19.0. The predicted molar refractivity (Wildman–Crippen MR) is 167 cm³/mol. The average Bonchev–Trinajstić information content (AvgIpc) is 3.75. The fraction of sp³-hybridized carbons (Fsp3) is 0.452. The first-order chi connectivity index (χ1) is 21.4. The standard InChI is InChI=1S/C31H35F2N5O6S/c32-31(33)7-11-38(12-8-31)26-18-23(16-20-15-21(29(41)42)19-34-27(20)26)35-28(40)24-2-1-22(36-45(43,44)14-13-39)17-25(24)37-9-5-30(3-4-30)6-10-37/h1-2,15-19,36,39H,3-14H2,(H,35,40)(H,41,42). The van der Waals surface area contributed by atoms with E-state index in [1.54, 1.807) is 29.2 Å². The molecule has 1 saturated carbocycles. The first kappa shape index (κ1) is 31.0. The van der Waals surface area contributed by atoms with Crippen molar-refractivity contribution in [1.82, 2.24) is 4.98 Å². The number of rotatable bonds is 9. The van der Waals surface area contributed by atoms with Gasteiger partial charge >= 0.3 is 5.97 Å². The maximum Gasteiger partial charge on any atom is 0.337 e. The second-order valence-corrected chi connectivity index (χ2v) is 14.1. The number of halogens is 2. The number of nitrogens with zero attached hydrogens (tertiary/aromatic N) is 3. The van der Waals surface area contributed by atoms with Crippen molar-refractivity contribution in [2.75, 3.05) is 58.4 Å². The van der Waals surface area contributed by atoms with Crippen molar-refractivity contribution in [1.29, 1.82) is 0 Å². The molecular weight excluding hydrogens is 608 g/mol. The van der Waals surface area contributed by atoms with E-state index in [4.69, 9.17) is 5.11 Å². The number of nitrogens with one attached hydrogen (secondary N) is 2. The van der Waals surface area contributed by atoms with Crippen LogP contribution >= 0.6 is 0 Å². The maximum absolute atomic E-state index is 14.0. The van der Waals surface area contributed by atoms with Crippen molar-refractivity contribution >= 4 is 55.6 Å². The van der Waals surface area contributed by atoms with E-state index in [-0.39, 0.29) is 37.2 Å². The Balaban J connectivity index is 1.34. The summed E-state index contributed by atoms with van der Waals surface area (Å²) in [7, 11) is -3.79. The Morgan fingerprint density at radius 2 is 1.53 bits per heavy atom. The minimum atomic E-state index is -3.79. The van der Waals surface area contributed by atoms with Gasteiger partial charge in [-0.2, -0.15) is 0 Å². The smallest absolute Gasteiger partial charge is 0.337 e. The Morgan fingerprint density at radius 1 is 0.889 bits per heavy atom. The van der Waals surface area contributed by atoms with Gasteiger partial charge in [-0.05, 0) is 67.5 Å². The number of benzene rings is 2. The van der Waals surface area contributed by atoms with Gasteiger partial charge in [0, 0.05) is 56.3 Å². The molecule has 1 aliphatic carbocycles. The summed E-state index contributed by atoms with van der Waals surface area (Å²) >= 11 is 0. The highest BCUT2D eigenvalue weighted by atomic mass is 32.2. The third-order valence-electron chi connectivity index (χ3n) is 9.10. The van der Waals surface area contributed by atoms with Gasteiger partial charge in [0.25, 0.3) is 11.8 Å². The molecule has 3 heterocycles. The fourth-order valence-corrected chi connectivity index (χ4v) is 7.06. The molecule has 14 heteroatoms. The molecule has 4 N–H and O–H groups in total. The quantitative estimate of drug-likeness (QED) is 0.264. The van der Waals surface area contributed by atoms with Crippen molar-refractivity contribution in [3.63, 3.8) is 0 Å². The van der Waals surface area contributed by atoms with E-state index in [2.05, 4.69) is 19.9 Å². The summed E-state index contributed by atoms with van der Waals surface area (Å²) in [4.78, 5) is 33.7. The predicted octanol–water partition coefficient (Wildman–Crippen LogP) is 4.54. The van der Waals surface area contributed by atoms with Gasteiger partial charge in [0.15, 0.2) is 0 Å². The zero-order valence-electron chi connectivity index (χ0n) is 24.6. The van der Waals surface area contributed by atoms with Gasteiger partial charge in [-0.3, -0.25) is 14.5 Å². The highest BCUT2D eigenvalue weighted by Gasteiger charge is 2.44. The second kappa shape index (κ2) is 11.7. The van der Waals surface area contributed by atoms with Crippen LogP contribution in [0.2, 0.25) is 0 Å². The van der Waals surface area contributed by atoms with Crippen LogP contribution in [0.15, 0.2) is 42.6 Å². The number of amides is 1. The molecule has 11 nitrogen and oxygen atoms in total. The SMILES string of the molecule is O=C(O)c1cnc2c(N3CCC(F)(F)CC3)cc(NC(=O)c3ccc(NS(=O)(=O)CCO)cc3N3CCC4(CC3)CC4)cc2c1. The molecule has 1 aromatic heterocycles. The summed E-state index contributed by atoms with van der Waals surface area (Å²) in [6.07, 6.45) is 4.85. The van der Waals surface area contributed by atoms with Crippen LogP contribution in [0.5, 0.6) is 0 Å². The van der Waals surface area contributed by atoms with Gasteiger partial charge < -0.3 is 25.3 Å². The van der Waals surface area contributed by atoms with E-state index >= 15 is 0 Å². The number of carboxylic acids is 1. The number of fused-ring (bicyclic) bond motifs is 1. The number of alkyl halides is 2. The first-order valence-corrected chi connectivity index (χ1v) is 16.6. The van der Waals surface area contributed by atoms with Crippen LogP contribution in [0.3, 0.4) is 0 Å². The van der Waals surface area contributed by atoms with Crippen molar-refractivity contribution < 1.29 is 37.0 Å². The summed E-state index contributed by atoms with van der Waals surface area (Å²) in [6.45, 7) is 1.01. The third kappa shape index (κ3) is 6.81. The number of aliphatic hydroxyl groups is 1. The van der Waals surface area contributed by atoms with Crippen LogP contribution < -0.4 is 19.8 Å². The fourth-order valence-electron chi connectivity index (χ4n) is 6.23. The molecule has 2 aromatic carbocycles. The van der Waals surface area contributed by atoms with Crippen LogP contribution in [0.25, 0.3) is 10.9 Å². The lowest BCUT2D eigenvalue weighted by molar-refractivity contribution is -0.0220. The van der Waals surface area contributed by atoms with Crippen molar-refractivity contribution in [2.45, 2.75) is 44.4 Å². The number of aromatic nitrogens is 1. The monoisotopic (exact) mass is 643 g/mol. The van der Waals surface area contributed by atoms with E-state index in [0.717, 1.165) is 12.8 Å². The summed E-state index contributed by atoms with van der Waals surface area (Å²) in [5, 5.41) is 22.0.